The Morgan fingerprint density at radius 3 is 2.65 bits per heavy atom. The van der Waals surface area contributed by atoms with Crippen molar-refractivity contribution in [2.24, 2.45) is 5.73 Å². The number of carbonyl (C=O) groups is 1. The summed E-state index contributed by atoms with van der Waals surface area (Å²) in [5.41, 5.74) is 9.03. The maximum Gasteiger partial charge on any atom is 0.317 e. The molecular weight excluding hydrogens is 442 g/mol. The first-order valence-electron chi connectivity index (χ1n) is 11.0. The van der Waals surface area contributed by atoms with Crippen LogP contribution in [0, 0.1) is 0 Å². The van der Waals surface area contributed by atoms with E-state index in [0.717, 1.165) is 23.1 Å². The predicted octanol–water partition coefficient (Wildman–Crippen LogP) is 4.20. The fourth-order valence-electron chi connectivity index (χ4n) is 3.76. The van der Waals surface area contributed by atoms with Gasteiger partial charge in [-0.05, 0) is 41.3 Å². The molecule has 0 bridgehead atoms. The van der Waals surface area contributed by atoms with Gasteiger partial charge in [-0.15, -0.1) is 0 Å². The van der Waals surface area contributed by atoms with Gasteiger partial charge in [-0.1, -0.05) is 36.4 Å². The molecule has 1 saturated heterocycles. The van der Waals surface area contributed by atoms with Gasteiger partial charge in [0.25, 0.3) is 12.3 Å². The fourth-order valence-corrected chi connectivity index (χ4v) is 3.76. The van der Waals surface area contributed by atoms with E-state index < -0.39 is 6.43 Å². The molecule has 3 N–H and O–H groups in total. The number of nitrogens with one attached hydrogen (secondary N) is 1. The third kappa shape index (κ3) is 5.55. The van der Waals surface area contributed by atoms with Gasteiger partial charge in [0.05, 0.1) is 19.3 Å². The molecule has 9 heteroatoms. The smallest absolute Gasteiger partial charge is 0.317 e. The van der Waals surface area contributed by atoms with Gasteiger partial charge < -0.3 is 20.5 Å². The Balaban J connectivity index is 1.45. The number of carbonyl (C=O) groups excluding carboxylic acids is 1. The number of nitrogens with two attached hydrogens (primary N) is 1. The number of aromatic nitrogens is 2. The number of nitrogens with zero attached hydrogens (tertiary/aromatic N) is 2. The number of alkyl halides is 2. The van der Waals surface area contributed by atoms with Crippen molar-refractivity contribution in [3.63, 3.8) is 0 Å². The predicted molar refractivity (Wildman–Crippen MR) is 122 cm³/mol. The summed E-state index contributed by atoms with van der Waals surface area (Å²) in [5.74, 6) is -0.360. The van der Waals surface area contributed by atoms with Crippen LogP contribution >= 0.6 is 0 Å². The largest absolute Gasteiger partial charge is 0.458 e. The Labute approximate surface area is 196 Å². The standard InChI is InChI=1S/C25H26F2N4O3/c1-15(30-24(32)22-8-10-29-25(31-22)34-20-9-11-33-14-20)16-2-4-17(5-3-16)21-12-18(23(26)27)6-7-19(21)13-28/h2-8,10,12,15,20,23H,9,11,13-14,28H2,1H3,(H,30,32)/t15-,20?/m1/s1. The average Bonchev–Trinajstić information content (AvgIpc) is 3.36. The third-order valence-electron chi connectivity index (χ3n) is 5.70. The molecule has 0 aliphatic carbocycles. The van der Waals surface area contributed by atoms with Crippen LogP contribution in [0.25, 0.3) is 11.1 Å². The van der Waals surface area contributed by atoms with E-state index in [-0.39, 0.29) is 41.9 Å². The van der Waals surface area contributed by atoms with E-state index >= 15 is 0 Å². The van der Waals surface area contributed by atoms with Crippen LogP contribution in [-0.2, 0) is 11.3 Å². The molecule has 2 aromatic carbocycles. The number of benzene rings is 2. The highest BCUT2D eigenvalue weighted by molar-refractivity contribution is 5.92. The molecule has 2 atom stereocenters. The molecule has 1 aliphatic heterocycles. The Hall–Kier alpha value is -3.43. The van der Waals surface area contributed by atoms with Crippen LogP contribution in [0.15, 0.2) is 54.7 Å². The summed E-state index contributed by atoms with van der Waals surface area (Å²) in [6.07, 6.45) is -0.433. The fraction of sp³-hybridized carbons (Fsp3) is 0.320. The lowest BCUT2D eigenvalue weighted by molar-refractivity contribution is 0.0930. The molecule has 178 valence electrons. The first-order chi connectivity index (χ1) is 16.4. The van der Waals surface area contributed by atoms with E-state index in [9.17, 15) is 13.6 Å². The summed E-state index contributed by atoms with van der Waals surface area (Å²) in [6.45, 7) is 3.20. The molecule has 0 saturated carbocycles. The summed E-state index contributed by atoms with van der Waals surface area (Å²) in [4.78, 5) is 21.0. The average molecular weight is 469 g/mol. The first kappa shape index (κ1) is 23.7. The van der Waals surface area contributed by atoms with Crippen molar-refractivity contribution in [2.75, 3.05) is 13.2 Å². The topological polar surface area (TPSA) is 99.4 Å². The van der Waals surface area contributed by atoms with Gasteiger partial charge in [0.1, 0.15) is 11.8 Å². The van der Waals surface area contributed by atoms with Crippen molar-refractivity contribution in [3.05, 3.63) is 77.1 Å². The van der Waals surface area contributed by atoms with Gasteiger partial charge in [-0.2, -0.15) is 4.98 Å². The second kappa shape index (κ2) is 10.7. The van der Waals surface area contributed by atoms with Gasteiger partial charge in [0, 0.05) is 24.7 Å². The van der Waals surface area contributed by atoms with E-state index in [1.165, 1.54) is 24.4 Å². The SMILES string of the molecule is C[C@@H](NC(=O)c1ccnc(OC2CCOC2)n1)c1ccc(-c2cc(C(F)F)ccc2CN)cc1. The molecule has 34 heavy (non-hydrogen) atoms. The second-order valence-corrected chi connectivity index (χ2v) is 8.07. The van der Waals surface area contributed by atoms with E-state index in [4.69, 9.17) is 15.2 Å². The van der Waals surface area contributed by atoms with Crippen LogP contribution in [-0.4, -0.2) is 35.2 Å². The molecule has 1 aliphatic rings. The first-order valence-corrected chi connectivity index (χ1v) is 11.0. The molecule has 1 fully saturated rings. The molecular formula is C25H26F2N4O3. The molecule has 0 radical (unpaired) electrons. The summed E-state index contributed by atoms with van der Waals surface area (Å²) in [6, 6.07) is 13.2. The molecule has 1 unspecified atom stereocenters. The number of amides is 1. The zero-order valence-corrected chi connectivity index (χ0v) is 18.7. The maximum atomic E-state index is 13.2. The van der Waals surface area contributed by atoms with Crippen LogP contribution in [0.4, 0.5) is 8.78 Å². The number of rotatable bonds is 8. The van der Waals surface area contributed by atoms with Crippen molar-refractivity contribution in [1.29, 1.82) is 0 Å². The van der Waals surface area contributed by atoms with Crippen LogP contribution in [0.2, 0.25) is 0 Å². The van der Waals surface area contributed by atoms with Crippen LogP contribution in [0.5, 0.6) is 6.01 Å². The third-order valence-corrected chi connectivity index (χ3v) is 5.70. The molecule has 7 nitrogen and oxygen atoms in total. The van der Waals surface area contributed by atoms with Gasteiger partial charge in [0.15, 0.2) is 0 Å². The van der Waals surface area contributed by atoms with Gasteiger partial charge >= 0.3 is 6.01 Å². The van der Waals surface area contributed by atoms with Crippen molar-refractivity contribution in [1.82, 2.24) is 15.3 Å². The minimum atomic E-state index is -2.56. The molecule has 4 rings (SSSR count). The lowest BCUT2D eigenvalue weighted by Gasteiger charge is -2.16. The van der Waals surface area contributed by atoms with Gasteiger partial charge in [-0.3, -0.25) is 4.79 Å². The Morgan fingerprint density at radius 2 is 1.97 bits per heavy atom. The summed E-state index contributed by atoms with van der Waals surface area (Å²) >= 11 is 0. The summed E-state index contributed by atoms with van der Waals surface area (Å²) in [5, 5.41) is 2.91. The zero-order chi connectivity index (χ0) is 24.1. The molecule has 2 heterocycles. The highest BCUT2D eigenvalue weighted by Crippen LogP contribution is 2.30. The normalized spacial score (nSPS) is 16.4. The van der Waals surface area contributed by atoms with Crippen LogP contribution in [0.3, 0.4) is 0 Å². The summed E-state index contributed by atoms with van der Waals surface area (Å²) < 4.78 is 37.3. The van der Waals surface area contributed by atoms with Crippen LogP contribution in [0.1, 0.15) is 53.0 Å². The van der Waals surface area contributed by atoms with Crippen molar-refractivity contribution in [3.8, 4) is 17.1 Å². The van der Waals surface area contributed by atoms with Gasteiger partial charge in [-0.25, -0.2) is 13.8 Å². The Bertz CT molecular complexity index is 1140. The zero-order valence-electron chi connectivity index (χ0n) is 18.7. The van der Waals surface area contributed by atoms with E-state index in [2.05, 4.69) is 15.3 Å². The number of hydrogen-bond donors (Lipinski definition) is 2. The monoisotopic (exact) mass is 468 g/mol. The molecule has 3 aromatic rings. The minimum absolute atomic E-state index is 0.0504. The minimum Gasteiger partial charge on any atom is -0.458 e. The number of ether oxygens (including phenoxy) is 2. The maximum absolute atomic E-state index is 13.2. The molecule has 1 amide bonds. The summed E-state index contributed by atoms with van der Waals surface area (Å²) in [7, 11) is 0. The number of halogens is 2. The van der Waals surface area contributed by atoms with Crippen LogP contribution < -0.4 is 15.8 Å². The van der Waals surface area contributed by atoms with Crippen molar-refractivity contribution in [2.45, 2.75) is 38.5 Å². The lowest BCUT2D eigenvalue weighted by atomic mass is 9.95. The Morgan fingerprint density at radius 1 is 1.21 bits per heavy atom. The van der Waals surface area contributed by atoms with Crippen molar-refractivity contribution >= 4 is 5.91 Å². The van der Waals surface area contributed by atoms with E-state index in [1.807, 2.05) is 31.2 Å². The van der Waals surface area contributed by atoms with E-state index in [0.29, 0.717) is 18.8 Å². The highest BCUT2D eigenvalue weighted by atomic mass is 19.3. The lowest BCUT2D eigenvalue weighted by Crippen LogP contribution is -2.28. The number of hydrogen-bond acceptors (Lipinski definition) is 6. The second-order valence-electron chi connectivity index (χ2n) is 8.07. The van der Waals surface area contributed by atoms with Crippen molar-refractivity contribution < 1.29 is 23.0 Å². The molecule has 1 aromatic heterocycles. The van der Waals surface area contributed by atoms with E-state index in [1.54, 1.807) is 6.07 Å². The van der Waals surface area contributed by atoms with Gasteiger partial charge in [0.2, 0.25) is 0 Å². The Kier molecular flexibility index (Phi) is 7.44. The molecule has 0 spiro atoms. The highest BCUT2D eigenvalue weighted by Gasteiger charge is 2.20. The quantitative estimate of drug-likeness (QED) is 0.514.